The fraction of sp³-hybridized carbons (Fsp3) is 0.486. The minimum Gasteiger partial charge on any atom is -0.508 e. The second-order valence-corrected chi connectivity index (χ2v) is 13.6. The molecule has 0 bridgehead atoms. The summed E-state index contributed by atoms with van der Waals surface area (Å²) in [7, 11) is 0. The minimum absolute atomic E-state index is 0.00540. The highest BCUT2D eigenvalue weighted by Crippen LogP contribution is 2.62. The molecule has 1 unspecified atom stereocenters. The van der Waals surface area contributed by atoms with Crippen molar-refractivity contribution in [1.82, 2.24) is 0 Å². The number of aliphatic hydroxyl groups is 3. The third-order valence-electron chi connectivity index (χ3n) is 9.70. The maximum absolute atomic E-state index is 13.4. The summed E-state index contributed by atoms with van der Waals surface area (Å²) in [5.41, 5.74) is 1.51. The molecule has 2 aliphatic carbocycles. The van der Waals surface area contributed by atoms with Gasteiger partial charge in [0.1, 0.15) is 11.9 Å². The van der Waals surface area contributed by atoms with Crippen LogP contribution in [0.15, 0.2) is 96.2 Å². The molecule has 1 aromatic carbocycles. The second-order valence-electron chi connectivity index (χ2n) is 13.6. The van der Waals surface area contributed by atoms with E-state index in [1.165, 1.54) is 6.08 Å². The lowest BCUT2D eigenvalue weighted by Gasteiger charge is -2.47. The number of aromatic hydroxyl groups is 1. The Balaban J connectivity index is 1.85. The van der Waals surface area contributed by atoms with E-state index in [9.17, 15) is 25.2 Å². The number of phenolic OH excluding ortho intramolecular Hbond substituents is 1. The molecule has 6 nitrogen and oxygen atoms in total. The molecule has 232 valence electrons. The predicted octanol–water partition coefficient (Wildman–Crippen LogP) is 6.51. The fourth-order valence-corrected chi connectivity index (χ4v) is 7.53. The van der Waals surface area contributed by atoms with Crippen LogP contribution in [-0.2, 0) is 9.53 Å². The van der Waals surface area contributed by atoms with Gasteiger partial charge in [-0.15, -0.1) is 0 Å². The van der Waals surface area contributed by atoms with Gasteiger partial charge >= 0.3 is 5.97 Å². The molecule has 4 rings (SSSR count). The number of carbonyl (C=O) groups excluding carboxylic acids is 1. The summed E-state index contributed by atoms with van der Waals surface area (Å²) in [5.74, 6) is -1.15. The van der Waals surface area contributed by atoms with Crippen molar-refractivity contribution in [3.05, 3.63) is 102 Å². The number of ether oxygens (including phenoxy) is 1. The number of hydrogen-bond acceptors (Lipinski definition) is 6. The first-order valence-corrected chi connectivity index (χ1v) is 15.3. The highest BCUT2D eigenvalue weighted by Gasteiger charge is 2.60. The van der Waals surface area contributed by atoms with Gasteiger partial charge in [-0.1, -0.05) is 98.7 Å². The van der Waals surface area contributed by atoms with Gasteiger partial charge in [-0.05, 0) is 62.6 Å². The molecule has 1 aromatic rings. The van der Waals surface area contributed by atoms with Gasteiger partial charge in [0.05, 0.1) is 17.8 Å². The summed E-state index contributed by atoms with van der Waals surface area (Å²) < 4.78 is 6.34. The Morgan fingerprint density at radius 1 is 0.930 bits per heavy atom. The van der Waals surface area contributed by atoms with E-state index in [-0.39, 0.29) is 40.8 Å². The van der Waals surface area contributed by atoms with E-state index in [0.29, 0.717) is 12.8 Å². The summed E-state index contributed by atoms with van der Waals surface area (Å²) in [4.78, 5) is 13.4. The maximum Gasteiger partial charge on any atom is 0.331 e. The van der Waals surface area contributed by atoms with Crippen molar-refractivity contribution < 1.29 is 30.0 Å². The maximum atomic E-state index is 13.4. The third kappa shape index (κ3) is 7.49. The Kier molecular flexibility index (Phi) is 10.1. The monoisotopic (exact) mass is 588 g/mol. The van der Waals surface area contributed by atoms with E-state index in [0.717, 1.165) is 16.7 Å². The molecule has 1 saturated carbocycles. The smallest absolute Gasteiger partial charge is 0.331 e. The van der Waals surface area contributed by atoms with Gasteiger partial charge in [0.2, 0.25) is 0 Å². The normalized spacial score (nSPS) is 36.8. The third-order valence-corrected chi connectivity index (χ3v) is 9.70. The molecule has 6 heteroatoms. The number of carbonyl (C=O) groups is 1. The van der Waals surface area contributed by atoms with E-state index in [2.05, 4.69) is 32.9 Å². The van der Waals surface area contributed by atoms with Crippen molar-refractivity contribution in [3.8, 4) is 5.75 Å². The average Bonchev–Trinajstić information content (AvgIpc) is 3.13. The summed E-state index contributed by atoms with van der Waals surface area (Å²) >= 11 is 0. The molecule has 43 heavy (non-hydrogen) atoms. The number of cyclic esters (lactones) is 1. The van der Waals surface area contributed by atoms with Gasteiger partial charge in [-0.25, -0.2) is 4.79 Å². The fourth-order valence-electron chi connectivity index (χ4n) is 7.53. The molecular formula is C37H48O6. The van der Waals surface area contributed by atoms with Crippen molar-refractivity contribution in [3.63, 3.8) is 0 Å². The standard InChI is InChI=1S/C37H48O6/c1-23-13-19-31(40)25(3)30(39)12-10-8-7-9-11-28-24(2)21-29-34(36(4,5)22-37(29,6)42)33(28)35(43-32(41)20-14-23)26-15-17-27(38)18-16-26/h7-18,20-21,25,28-31,33-35,38-40,42H,19,22H2,1-6H3/t25-,28-,29+,30+,31+,33+,34-,35?,37+/m0/s1. The number of aliphatic hydroxyl groups excluding tert-OH is 2. The number of phenols is 1. The zero-order valence-electron chi connectivity index (χ0n) is 26.2. The molecule has 1 fully saturated rings. The van der Waals surface area contributed by atoms with Crippen molar-refractivity contribution in [2.45, 2.75) is 78.3 Å². The molecule has 1 aliphatic heterocycles. The highest BCUT2D eigenvalue weighted by molar-refractivity contribution is 5.82. The Labute approximate surface area is 256 Å². The van der Waals surface area contributed by atoms with Crippen LogP contribution in [0.1, 0.15) is 66.1 Å². The van der Waals surface area contributed by atoms with Gasteiger partial charge in [0.25, 0.3) is 0 Å². The first kappa shape index (κ1) is 32.7. The minimum atomic E-state index is -0.910. The molecular weight excluding hydrogens is 540 g/mol. The van der Waals surface area contributed by atoms with E-state index in [4.69, 9.17) is 4.74 Å². The van der Waals surface area contributed by atoms with Crippen molar-refractivity contribution in [2.75, 3.05) is 0 Å². The molecule has 0 spiro atoms. The lowest BCUT2D eigenvalue weighted by molar-refractivity contribution is -0.150. The number of rotatable bonds is 1. The molecule has 0 radical (unpaired) electrons. The Hall–Kier alpha value is -3.19. The largest absolute Gasteiger partial charge is 0.508 e. The zero-order chi connectivity index (χ0) is 31.5. The van der Waals surface area contributed by atoms with Crippen molar-refractivity contribution >= 4 is 5.97 Å². The van der Waals surface area contributed by atoms with Crippen LogP contribution in [0.4, 0.5) is 0 Å². The van der Waals surface area contributed by atoms with Crippen molar-refractivity contribution in [2.24, 2.45) is 35.0 Å². The molecule has 0 amide bonds. The number of allylic oxidation sites excluding steroid dienone is 8. The lowest BCUT2D eigenvalue weighted by atomic mass is 9.59. The van der Waals surface area contributed by atoms with Crippen LogP contribution in [0.5, 0.6) is 5.75 Å². The molecule has 9 atom stereocenters. The molecule has 3 aliphatic rings. The summed E-state index contributed by atoms with van der Waals surface area (Å²) in [5, 5.41) is 42.8. The van der Waals surface area contributed by atoms with E-state index in [1.807, 2.05) is 38.2 Å². The van der Waals surface area contributed by atoms with Crippen LogP contribution < -0.4 is 0 Å². The molecule has 4 N–H and O–H groups in total. The van der Waals surface area contributed by atoms with Gasteiger partial charge < -0.3 is 25.2 Å². The van der Waals surface area contributed by atoms with Gasteiger partial charge in [0, 0.05) is 29.7 Å². The lowest BCUT2D eigenvalue weighted by Crippen LogP contribution is -2.44. The summed E-state index contributed by atoms with van der Waals surface area (Å²) in [6.45, 7) is 12.0. The van der Waals surface area contributed by atoms with Crippen LogP contribution in [0.2, 0.25) is 0 Å². The van der Waals surface area contributed by atoms with E-state index >= 15 is 0 Å². The van der Waals surface area contributed by atoms with Gasteiger partial charge in [-0.3, -0.25) is 0 Å². The molecule has 1 heterocycles. The SMILES string of the molecule is CC1=CC[C@@H](O)[C@@H](C)[C@H](O)C=CC=CC=C[C@H]2C(C)=C[C@@H]3[C@@H]([C@@H]2C(c2ccc(O)cc2)OC(=O)C=C1)C(C)(C)C[C@@]3(C)O. The Bertz CT molecular complexity index is 1330. The van der Waals surface area contributed by atoms with Crippen LogP contribution >= 0.6 is 0 Å². The first-order valence-electron chi connectivity index (χ1n) is 15.3. The summed E-state index contributed by atoms with van der Waals surface area (Å²) in [6.07, 6.45) is 17.2. The highest BCUT2D eigenvalue weighted by atomic mass is 16.5. The van der Waals surface area contributed by atoms with Crippen LogP contribution in [0.3, 0.4) is 0 Å². The van der Waals surface area contributed by atoms with Gasteiger partial charge in [-0.2, -0.15) is 0 Å². The van der Waals surface area contributed by atoms with Crippen LogP contribution in [0, 0.1) is 35.0 Å². The molecule has 0 saturated heterocycles. The quantitative estimate of drug-likeness (QED) is 0.220. The predicted molar refractivity (Wildman–Crippen MR) is 170 cm³/mol. The Morgan fingerprint density at radius 3 is 2.26 bits per heavy atom. The van der Waals surface area contributed by atoms with Gasteiger partial charge in [0.15, 0.2) is 0 Å². The average molecular weight is 589 g/mol. The topological polar surface area (TPSA) is 107 Å². The van der Waals surface area contributed by atoms with Crippen LogP contribution in [-0.4, -0.2) is 44.2 Å². The van der Waals surface area contributed by atoms with E-state index in [1.54, 1.807) is 49.4 Å². The summed E-state index contributed by atoms with van der Waals surface area (Å²) in [6, 6.07) is 6.83. The Morgan fingerprint density at radius 2 is 1.58 bits per heavy atom. The number of benzene rings is 1. The second kappa shape index (κ2) is 13.2. The number of fused-ring (bicyclic) bond motifs is 3. The van der Waals surface area contributed by atoms with E-state index < -0.39 is 29.9 Å². The number of esters is 1. The number of hydrogen-bond donors (Lipinski definition) is 4. The van der Waals surface area contributed by atoms with Crippen molar-refractivity contribution in [1.29, 1.82) is 0 Å². The van der Waals surface area contributed by atoms with Crippen LogP contribution in [0.25, 0.3) is 0 Å². The first-order chi connectivity index (χ1) is 20.2. The molecule has 0 aromatic heterocycles. The zero-order valence-corrected chi connectivity index (χ0v) is 26.2.